The lowest BCUT2D eigenvalue weighted by Crippen LogP contribution is -2.42. The molecule has 0 radical (unpaired) electrons. The topological polar surface area (TPSA) is 68.3 Å². The van der Waals surface area contributed by atoms with Crippen LogP contribution in [0.3, 0.4) is 0 Å². The number of rotatable bonds is 5. The zero-order chi connectivity index (χ0) is 16.9. The summed E-state index contributed by atoms with van der Waals surface area (Å²) < 4.78 is 5.27. The van der Waals surface area contributed by atoms with Crippen molar-refractivity contribution in [2.75, 3.05) is 0 Å². The van der Waals surface area contributed by atoms with Gasteiger partial charge in [0.05, 0.1) is 4.88 Å². The summed E-state index contributed by atoms with van der Waals surface area (Å²) in [6.45, 7) is 1.60. The number of esters is 1. The molecule has 1 saturated carbocycles. The Morgan fingerprint density at radius 1 is 1.29 bits per heavy atom. The van der Waals surface area contributed by atoms with E-state index in [0.29, 0.717) is 0 Å². The van der Waals surface area contributed by atoms with Crippen molar-refractivity contribution in [2.24, 2.45) is 0 Å². The van der Waals surface area contributed by atoms with Crippen molar-refractivity contribution in [1.29, 1.82) is 0 Å². The van der Waals surface area contributed by atoms with Crippen molar-refractivity contribution in [3.63, 3.8) is 0 Å². The molecule has 1 aliphatic rings. The Kier molecular flexibility index (Phi) is 5.63. The molecule has 0 spiro atoms. The minimum Gasteiger partial charge on any atom is -0.448 e. The van der Waals surface area contributed by atoms with Crippen molar-refractivity contribution in [3.05, 3.63) is 28.6 Å². The third-order valence-corrected chi connectivity index (χ3v) is 5.93. The summed E-state index contributed by atoms with van der Waals surface area (Å²) >= 11 is 2.97. The molecule has 0 saturated heterocycles. The van der Waals surface area contributed by atoms with E-state index >= 15 is 0 Å². The number of hydrogen-bond acceptors (Lipinski definition) is 6. The molecule has 7 heteroatoms. The maximum atomic E-state index is 12.2. The quantitative estimate of drug-likeness (QED) is 0.818. The third-order valence-electron chi connectivity index (χ3n) is 4.05. The second-order valence-electron chi connectivity index (χ2n) is 5.91. The van der Waals surface area contributed by atoms with E-state index in [2.05, 4.69) is 10.3 Å². The highest BCUT2D eigenvalue weighted by molar-refractivity contribution is 7.20. The molecule has 1 amide bonds. The standard InChI is InChI=1S/C17H20N2O3S2/c1-11(15(20)18-12-6-3-2-4-7-12)22-17(21)13-10-24-16(19-13)14-8-5-9-23-14/h5,8-12H,2-4,6-7H2,1H3,(H,18,20)/t11-/m0/s1. The average Bonchev–Trinajstić information content (AvgIpc) is 3.27. The van der Waals surface area contributed by atoms with E-state index < -0.39 is 12.1 Å². The van der Waals surface area contributed by atoms with Crippen LogP contribution in [0.1, 0.15) is 49.5 Å². The van der Waals surface area contributed by atoms with Gasteiger partial charge in [-0.15, -0.1) is 22.7 Å². The summed E-state index contributed by atoms with van der Waals surface area (Å²) in [7, 11) is 0. The second-order valence-corrected chi connectivity index (χ2v) is 7.71. The smallest absolute Gasteiger partial charge is 0.358 e. The number of nitrogens with zero attached hydrogens (tertiary/aromatic N) is 1. The molecule has 3 rings (SSSR count). The van der Waals surface area contributed by atoms with E-state index in [4.69, 9.17) is 4.74 Å². The number of carbonyl (C=O) groups is 2. The molecule has 128 valence electrons. The van der Waals surface area contributed by atoms with Gasteiger partial charge in [0.15, 0.2) is 11.8 Å². The molecule has 1 atom stereocenters. The predicted molar refractivity (Wildman–Crippen MR) is 95.3 cm³/mol. The molecule has 2 aromatic rings. The first kappa shape index (κ1) is 17.1. The van der Waals surface area contributed by atoms with Gasteiger partial charge in [-0.3, -0.25) is 4.79 Å². The van der Waals surface area contributed by atoms with Gasteiger partial charge in [-0.2, -0.15) is 0 Å². The number of aromatic nitrogens is 1. The molecule has 0 aromatic carbocycles. The summed E-state index contributed by atoms with van der Waals surface area (Å²) in [6, 6.07) is 4.10. The third kappa shape index (κ3) is 4.21. The molecule has 1 fully saturated rings. The lowest BCUT2D eigenvalue weighted by atomic mass is 9.95. The summed E-state index contributed by atoms with van der Waals surface area (Å²) in [5, 5.41) is 7.39. The monoisotopic (exact) mass is 364 g/mol. The highest BCUT2D eigenvalue weighted by Gasteiger charge is 2.24. The molecule has 1 N–H and O–H groups in total. The lowest BCUT2D eigenvalue weighted by Gasteiger charge is -2.24. The average molecular weight is 364 g/mol. The molecule has 5 nitrogen and oxygen atoms in total. The predicted octanol–water partition coefficient (Wildman–Crippen LogP) is 3.87. The van der Waals surface area contributed by atoms with Crippen LogP contribution in [-0.2, 0) is 9.53 Å². The number of ether oxygens (including phenoxy) is 1. The molecule has 0 bridgehead atoms. The van der Waals surface area contributed by atoms with Crippen LogP contribution in [0.5, 0.6) is 0 Å². The number of thiazole rings is 1. The van der Waals surface area contributed by atoms with Crippen LogP contribution in [0.15, 0.2) is 22.9 Å². The van der Waals surface area contributed by atoms with Gasteiger partial charge >= 0.3 is 5.97 Å². The first-order valence-electron chi connectivity index (χ1n) is 8.14. The van der Waals surface area contributed by atoms with E-state index in [-0.39, 0.29) is 17.6 Å². The molecule has 0 aliphatic heterocycles. The van der Waals surface area contributed by atoms with Gasteiger partial charge in [-0.1, -0.05) is 25.3 Å². The maximum Gasteiger partial charge on any atom is 0.358 e. The Hall–Kier alpha value is -1.73. The Morgan fingerprint density at radius 3 is 2.79 bits per heavy atom. The van der Waals surface area contributed by atoms with Crippen LogP contribution in [0.2, 0.25) is 0 Å². The van der Waals surface area contributed by atoms with Crippen molar-refractivity contribution < 1.29 is 14.3 Å². The largest absolute Gasteiger partial charge is 0.448 e. The highest BCUT2D eigenvalue weighted by atomic mass is 32.1. The molecule has 0 unspecified atom stereocenters. The van der Waals surface area contributed by atoms with Crippen LogP contribution >= 0.6 is 22.7 Å². The van der Waals surface area contributed by atoms with Gasteiger partial charge in [0.1, 0.15) is 5.01 Å². The second kappa shape index (κ2) is 7.90. The number of hydrogen-bond donors (Lipinski definition) is 1. The summed E-state index contributed by atoms with van der Waals surface area (Å²) in [5.41, 5.74) is 0.251. The Balaban J connectivity index is 1.54. The van der Waals surface area contributed by atoms with Crippen molar-refractivity contribution in [2.45, 2.75) is 51.2 Å². The number of carbonyl (C=O) groups excluding carboxylic acids is 2. The van der Waals surface area contributed by atoms with Crippen molar-refractivity contribution in [3.8, 4) is 9.88 Å². The van der Waals surface area contributed by atoms with E-state index in [1.54, 1.807) is 23.6 Å². The number of nitrogens with one attached hydrogen (secondary N) is 1. The van der Waals surface area contributed by atoms with Crippen molar-refractivity contribution >= 4 is 34.6 Å². The van der Waals surface area contributed by atoms with Crippen LogP contribution in [0.25, 0.3) is 9.88 Å². The van der Waals surface area contributed by atoms with Gasteiger partial charge in [0.2, 0.25) is 0 Å². The molecular weight excluding hydrogens is 344 g/mol. The van der Waals surface area contributed by atoms with E-state index in [1.807, 2.05) is 17.5 Å². The normalized spacial score (nSPS) is 16.5. The first-order chi connectivity index (χ1) is 11.6. The Bertz CT molecular complexity index is 691. The van der Waals surface area contributed by atoms with Crippen LogP contribution in [0.4, 0.5) is 0 Å². The van der Waals surface area contributed by atoms with E-state index in [9.17, 15) is 9.59 Å². The number of amides is 1. The SMILES string of the molecule is C[C@H](OC(=O)c1csc(-c2cccs2)n1)C(=O)NC1CCCCC1. The number of thiophene rings is 1. The van der Waals surface area contributed by atoms with Gasteiger partial charge in [-0.05, 0) is 31.2 Å². The summed E-state index contributed by atoms with van der Waals surface area (Å²) in [5.74, 6) is -0.788. The first-order valence-corrected chi connectivity index (χ1v) is 9.90. The fraction of sp³-hybridized carbons (Fsp3) is 0.471. The summed E-state index contributed by atoms with van der Waals surface area (Å²) in [6.07, 6.45) is 4.71. The molecular formula is C17H20N2O3S2. The minimum atomic E-state index is -0.814. The molecule has 2 aromatic heterocycles. The van der Waals surface area contributed by atoms with Gasteiger partial charge < -0.3 is 10.1 Å². The fourth-order valence-corrected chi connectivity index (χ4v) is 4.32. The van der Waals surface area contributed by atoms with Gasteiger partial charge in [0.25, 0.3) is 5.91 Å². The van der Waals surface area contributed by atoms with Crippen LogP contribution in [0, 0.1) is 0 Å². The zero-order valence-corrected chi connectivity index (χ0v) is 15.1. The van der Waals surface area contributed by atoms with Crippen LogP contribution in [-0.4, -0.2) is 29.0 Å². The van der Waals surface area contributed by atoms with Gasteiger partial charge in [0, 0.05) is 11.4 Å². The molecule has 1 aliphatic carbocycles. The molecule has 24 heavy (non-hydrogen) atoms. The lowest BCUT2D eigenvalue weighted by molar-refractivity contribution is -0.130. The maximum absolute atomic E-state index is 12.2. The minimum absolute atomic E-state index is 0.206. The zero-order valence-electron chi connectivity index (χ0n) is 13.5. The molecule has 2 heterocycles. The Morgan fingerprint density at radius 2 is 2.08 bits per heavy atom. The summed E-state index contributed by atoms with van der Waals surface area (Å²) in [4.78, 5) is 29.7. The van der Waals surface area contributed by atoms with Gasteiger partial charge in [-0.25, -0.2) is 9.78 Å². The highest BCUT2D eigenvalue weighted by Crippen LogP contribution is 2.28. The van der Waals surface area contributed by atoms with Crippen LogP contribution < -0.4 is 5.32 Å². The van der Waals surface area contributed by atoms with Crippen molar-refractivity contribution in [1.82, 2.24) is 10.3 Å². The van der Waals surface area contributed by atoms with E-state index in [0.717, 1.165) is 35.6 Å². The Labute approximate surface area is 149 Å². The fourth-order valence-electron chi connectivity index (χ4n) is 2.72. The van der Waals surface area contributed by atoms with E-state index in [1.165, 1.54) is 17.8 Å².